The van der Waals surface area contributed by atoms with Gasteiger partial charge >= 0.3 is 0 Å². The van der Waals surface area contributed by atoms with Gasteiger partial charge in [0, 0.05) is 19.2 Å². The molecule has 1 aromatic heterocycles. The molecule has 10 heteroatoms. The summed E-state index contributed by atoms with van der Waals surface area (Å²) in [7, 11) is 2.82. The number of hydrogen-bond acceptors (Lipinski definition) is 8. The standard InChI is InChI=1S/C24H30N4O5S/c1-7-26(8-2)9-10-27(24-25-18-12-15(3)11-16(4)22(18)34-24)23(29)17-13-20(32-5)21(33-6)14-19(17)28(30)31/h11-14H,7-10H2,1-6H3. The van der Waals surface area contributed by atoms with E-state index in [0.29, 0.717) is 18.2 Å². The molecule has 34 heavy (non-hydrogen) atoms. The second-order valence-corrected chi connectivity index (χ2v) is 8.87. The van der Waals surface area contributed by atoms with Gasteiger partial charge in [0.1, 0.15) is 5.56 Å². The van der Waals surface area contributed by atoms with Gasteiger partial charge < -0.3 is 14.4 Å². The largest absolute Gasteiger partial charge is 0.493 e. The number of rotatable bonds is 10. The van der Waals surface area contributed by atoms with Gasteiger partial charge in [0.05, 0.1) is 35.4 Å². The number of aromatic nitrogens is 1. The van der Waals surface area contributed by atoms with Crippen molar-refractivity contribution in [1.29, 1.82) is 0 Å². The molecule has 0 N–H and O–H groups in total. The topological polar surface area (TPSA) is 98.0 Å². The van der Waals surface area contributed by atoms with Gasteiger partial charge in [0.25, 0.3) is 11.6 Å². The van der Waals surface area contributed by atoms with E-state index in [0.717, 1.165) is 34.4 Å². The normalized spacial score (nSPS) is 11.1. The molecule has 0 aliphatic carbocycles. The molecule has 0 spiro atoms. The number of ether oxygens (including phenoxy) is 2. The molecule has 0 saturated heterocycles. The van der Waals surface area contributed by atoms with Crippen LogP contribution in [0.3, 0.4) is 0 Å². The maximum Gasteiger partial charge on any atom is 0.286 e. The van der Waals surface area contributed by atoms with Crippen molar-refractivity contribution >= 4 is 38.3 Å². The number of likely N-dealkylation sites (N-methyl/N-ethyl adjacent to an activating group) is 1. The number of methoxy groups -OCH3 is 2. The lowest BCUT2D eigenvalue weighted by Crippen LogP contribution is -2.39. The van der Waals surface area contributed by atoms with E-state index in [9.17, 15) is 14.9 Å². The average Bonchev–Trinajstić information content (AvgIpc) is 3.24. The highest BCUT2D eigenvalue weighted by Gasteiger charge is 2.30. The molecule has 0 aliphatic rings. The summed E-state index contributed by atoms with van der Waals surface area (Å²) in [5, 5.41) is 12.4. The number of carbonyl (C=O) groups is 1. The molecular weight excluding hydrogens is 456 g/mol. The molecule has 1 heterocycles. The van der Waals surface area contributed by atoms with Crippen LogP contribution in [0.25, 0.3) is 10.2 Å². The minimum atomic E-state index is -0.580. The third-order valence-corrected chi connectivity index (χ3v) is 6.98. The monoisotopic (exact) mass is 486 g/mol. The van der Waals surface area contributed by atoms with E-state index in [-0.39, 0.29) is 22.7 Å². The number of fused-ring (bicyclic) bond motifs is 1. The first-order valence-electron chi connectivity index (χ1n) is 11.1. The minimum absolute atomic E-state index is 0.0747. The minimum Gasteiger partial charge on any atom is -0.493 e. The molecule has 0 radical (unpaired) electrons. The van der Waals surface area contributed by atoms with Crippen molar-refractivity contribution < 1.29 is 19.2 Å². The van der Waals surface area contributed by atoms with Crippen LogP contribution in [-0.4, -0.2) is 61.1 Å². The number of benzene rings is 2. The van der Waals surface area contributed by atoms with Gasteiger partial charge in [-0.3, -0.25) is 19.8 Å². The molecule has 2 aromatic carbocycles. The van der Waals surface area contributed by atoms with E-state index < -0.39 is 10.8 Å². The Morgan fingerprint density at radius 2 is 1.71 bits per heavy atom. The summed E-state index contributed by atoms with van der Waals surface area (Å²) in [4.78, 5) is 33.6. The third-order valence-electron chi connectivity index (χ3n) is 5.75. The summed E-state index contributed by atoms with van der Waals surface area (Å²) in [6.07, 6.45) is 0. The number of thiazole rings is 1. The molecule has 0 unspecified atom stereocenters. The van der Waals surface area contributed by atoms with Gasteiger partial charge in [-0.15, -0.1) is 0 Å². The highest BCUT2D eigenvalue weighted by Crippen LogP contribution is 2.37. The number of nitrogens with zero attached hydrogens (tertiary/aromatic N) is 4. The molecule has 3 rings (SSSR count). The Bertz CT molecular complexity index is 1210. The van der Waals surface area contributed by atoms with Crippen LogP contribution >= 0.6 is 11.3 Å². The second-order valence-electron chi connectivity index (χ2n) is 7.89. The fourth-order valence-corrected chi connectivity index (χ4v) is 4.92. The van der Waals surface area contributed by atoms with Crippen LogP contribution in [0.15, 0.2) is 24.3 Å². The van der Waals surface area contributed by atoms with E-state index in [4.69, 9.17) is 14.5 Å². The van der Waals surface area contributed by atoms with Crippen LogP contribution < -0.4 is 14.4 Å². The Kier molecular flexibility index (Phi) is 8.06. The predicted octanol–water partition coefficient (Wildman–Crippen LogP) is 4.83. The summed E-state index contributed by atoms with van der Waals surface area (Å²) >= 11 is 1.41. The van der Waals surface area contributed by atoms with Crippen LogP contribution in [0, 0.1) is 24.0 Å². The van der Waals surface area contributed by atoms with Crippen LogP contribution in [0.2, 0.25) is 0 Å². The fourth-order valence-electron chi connectivity index (χ4n) is 3.88. The fraction of sp³-hybridized carbons (Fsp3) is 0.417. The first-order chi connectivity index (χ1) is 16.2. The molecule has 182 valence electrons. The average molecular weight is 487 g/mol. The predicted molar refractivity (Wildman–Crippen MR) is 135 cm³/mol. The molecule has 0 aliphatic heterocycles. The van der Waals surface area contributed by atoms with Crippen molar-refractivity contribution in [3.05, 3.63) is 51.1 Å². The third kappa shape index (κ3) is 5.13. The quantitative estimate of drug-likeness (QED) is 0.299. The summed E-state index contributed by atoms with van der Waals surface area (Å²) in [5.74, 6) is -0.0734. The number of nitro groups is 1. The van der Waals surface area contributed by atoms with Gasteiger partial charge in [0.15, 0.2) is 16.6 Å². The zero-order valence-electron chi connectivity index (χ0n) is 20.4. The van der Waals surface area contributed by atoms with Crippen molar-refractivity contribution in [2.45, 2.75) is 27.7 Å². The zero-order valence-corrected chi connectivity index (χ0v) is 21.2. The number of nitro benzene ring substituents is 1. The van der Waals surface area contributed by atoms with Gasteiger partial charge in [-0.05, 0) is 44.1 Å². The number of carbonyl (C=O) groups excluding carboxylic acids is 1. The van der Waals surface area contributed by atoms with Crippen molar-refractivity contribution in [1.82, 2.24) is 9.88 Å². The molecule has 1 amide bonds. The molecule has 9 nitrogen and oxygen atoms in total. The summed E-state index contributed by atoms with van der Waals surface area (Å²) in [6.45, 7) is 10.7. The van der Waals surface area contributed by atoms with Crippen molar-refractivity contribution in [2.75, 3.05) is 45.3 Å². The highest BCUT2D eigenvalue weighted by molar-refractivity contribution is 7.22. The van der Waals surface area contributed by atoms with E-state index in [1.807, 2.05) is 19.9 Å². The SMILES string of the molecule is CCN(CC)CCN(C(=O)c1cc(OC)c(OC)cc1[N+](=O)[O-])c1nc2cc(C)cc(C)c2s1. The maximum absolute atomic E-state index is 13.8. The van der Waals surface area contributed by atoms with Gasteiger partial charge in [0.2, 0.25) is 0 Å². The summed E-state index contributed by atoms with van der Waals surface area (Å²) < 4.78 is 11.5. The lowest BCUT2D eigenvalue weighted by atomic mass is 10.1. The van der Waals surface area contributed by atoms with Gasteiger partial charge in [-0.2, -0.15) is 0 Å². The summed E-state index contributed by atoms with van der Waals surface area (Å²) in [6, 6.07) is 6.65. The Labute approximate surface area is 203 Å². The number of amides is 1. The molecule has 3 aromatic rings. The molecule has 0 atom stereocenters. The first-order valence-corrected chi connectivity index (χ1v) is 11.9. The Morgan fingerprint density at radius 3 is 2.29 bits per heavy atom. The zero-order chi connectivity index (χ0) is 25.0. The Balaban J connectivity index is 2.14. The van der Waals surface area contributed by atoms with Crippen LogP contribution in [0.5, 0.6) is 11.5 Å². The van der Waals surface area contributed by atoms with Gasteiger partial charge in [-0.1, -0.05) is 31.3 Å². The molecular formula is C24H30N4O5S. The van der Waals surface area contributed by atoms with Crippen molar-refractivity contribution in [3.8, 4) is 11.5 Å². The molecule has 0 bridgehead atoms. The van der Waals surface area contributed by atoms with Crippen LogP contribution in [-0.2, 0) is 0 Å². The smallest absolute Gasteiger partial charge is 0.286 e. The van der Waals surface area contributed by atoms with Crippen molar-refractivity contribution in [2.24, 2.45) is 0 Å². The van der Waals surface area contributed by atoms with Crippen LogP contribution in [0.1, 0.15) is 35.3 Å². The maximum atomic E-state index is 13.8. The van der Waals surface area contributed by atoms with Crippen molar-refractivity contribution in [3.63, 3.8) is 0 Å². The Hall–Kier alpha value is -3.24. The number of anilines is 1. The van der Waals surface area contributed by atoms with Gasteiger partial charge in [-0.25, -0.2) is 4.98 Å². The second kappa shape index (κ2) is 10.8. The van der Waals surface area contributed by atoms with E-state index >= 15 is 0 Å². The molecule has 0 saturated carbocycles. The number of aryl methyl sites for hydroxylation is 2. The Morgan fingerprint density at radius 1 is 1.06 bits per heavy atom. The van der Waals surface area contributed by atoms with E-state index in [1.165, 1.54) is 42.6 Å². The summed E-state index contributed by atoms with van der Waals surface area (Å²) in [5.41, 5.74) is 2.54. The molecule has 0 fully saturated rings. The highest BCUT2D eigenvalue weighted by atomic mass is 32.1. The van der Waals surface area contributed by atoms with E-state index in [2.05, 4.69) is 24.8 Å². The lowest BCUT2D eigenvalue weighted by Gasteiger charge is -2.25. The first kappa shape index (κ1) is 25.4. The number of hydrogen-bond donors (Lipinski definition) is 0. The lowest BCUT2D eigenvalue weighted by molar-refractivity contribution is -0.385. The van der Waals surface area contributed by atoms with Crippen LogP contribution in [0.4, 0.5) is 10.8 Å². The van der Waals surface area contributed by atoms with E-state index in [1.54, 1.807) is 0 Å².